The van der Waals surface area contributed by atoms with Gasteiger partial charge < -0.3 is 15.3 Å². The van der Waals surface area contributed by atoms with Gasteiger partial charge in [-0.1, -0.05) is 11.6 Å². The van der Waals surface area contributed by atoms with Crippen LogP contribution in [-0.4, -0.2) is 41.5 Å². The number of phenolic OH excluding ortho intramolecular Hbond substituents is 1. The van der Waals surface area contributed by atoms with Crippen molar-refractivity contribution >= 4 is 23.4 Å². The van der Waals surface area contributed by atoms with E-state index in [1.165, 1.54) is 23.1 Å². The van der Waals surface area contributed by atoms with Crippen LogP contribution in [0.5, 0.6) is 5.75 Å². The smallest absolute Gasteiger partial charge is 0.258 e. The molecule has 19 heavy (non-hydrogen) atoms. The third-order valence-electron chi connectivity index (χ3n) is 2.57. The van der Waals surface area contributed by atoms with Crippen LogP contribution in [0.1, 0.15) is 24.2 Å². The van der Waals surface area contributed by atoms with E-state index in [0.717, 1.165) is 0 Å². The first-order valence-corrected chi connectivity index (χ1v) is 6.41. The molecule has 0 aliphatic heterocycles. The minimum atomic E-state index is -0.400. The first kappa shape index (κ1) is 15.3. The van der Waals surface area contributed by atoms with E-state index in [1.807, 2.05) is 0 Å². The normalized spacial score (nSPS) is 10.1. The Morgan fingerprint density at radius 1 is 1.37 bits per heavy atom. The molecule has 1 aromatic carbocycles. The van der Waals surface area contributed by atoms with Gasteiger partial charge >= 0.3 is 0 Å². The summed E-state index contributed by atoms with van der Waals surface area (Å²) in [4.78, 5) is 25.0. The molecule has 0 unspecified atom stereocenters. The second-order valence-electron chi connectivity index (χ2n) is 3.93. The lowest BCUT2D eigenvalue weighted by Gasteiger charge is -2.20. The zero-order valence-corrected chi connectivity index (χ0v) is 11.7. The minimum absolute atomic E-state index is 0.0365. The number of aromatic hydroxyl groups is 1. The standard InChI is InChI=1S/C13H17ClN2O3/c1-3-15-12(18)8-16(4-2)13(19)10-6-5-9(14)7-11(10)17/h5-7,17H,3-4,8H2,1-2H3,(H,15,18). The Balaban J connectivity index is 2.86. The molecule has 0 spiro atoms. The van der Waals surface area contributed by atoms with Gasteiger partial charge in [0.15, 0.2) is 0 Å². The molecule has 104 valence electrons. The van der Waals surface area contributed by atoms with Crippen molar-refractivity contribution in [2.75, 3.05) is 19.6 Å². The van der Waals surface area contributed by atoms with Crippen LogP contribution < -0.4 is 5.32 Å². The van der Waals surface area contributed by atoms with Crippen LogP contribution in [0.3, 0.4) is 0 Å². The molecule has 2 N–H and O–H groups in total. The number of hydrogen-bond donors (Lipinski definition) is 2. The van der Waals surface area contributed by atoms with E-state index < -0.39 is 5.91 Å². The van der Waals surface area contributed by atoms with Crippen molar-refractivity contribution in [2.45, 2.75) is 13.8 Å². The average Bonchev–Trinajstić information content (AvgIpc) is 2.35. The zero-order chi connectivity index (χ0) is 14.4. The van der Waals surface area contributed by atoms with Gasteiger partial charge in [0.1, 0.15) is 5.75 Å². The molecule has 0 saturated heterocycles. The van der Waals surface area contributed by atoms with E-state index in [-0.39, 0.29) is 23.8 Å². The summed E-state index contributed by atoms with van der Waals surface area (Å²) in [7, 11) is 0. The molecule has 0 aliphatic rings. The van der Waals surface area contributed by atoms with Crippen LogP contribution in [0, 0.1) is 0 Å². The molecule has 0 fully saturated rings. The molecule has 0 bridgehead atoms. The highest BCUT2D eigenvalue weighted by Crippen LogP contribution is 2.23. The van der Waals surface area contributed by atoms with E-state index >= 15 is 0 Å². The fraction of sp³-hybridized carbons (Fsp3) is 0.385. The van der Waals surface area contributed by atoms with Crippen molar-refractivity contribution in [3.05, 3.63) is 28.8 Å². The molecule has 1 rings (SSSR count). The number of benzene rings is 1. The van der Waals surface area contributed by atoms with E-state index in [9.17, 15) is 14.7 Å². The number of amides is 2. The average molecular weight is 285 g/mol. The Morgan fingerprint density at radius 2 is 2.05 bits per heavy atom. The number of carbonyl (C=O) groups excluding carboxylic acids is 2. The van der Waals surface area contributed by atoms with Crippen molar-refractivity contribution < 1.29 is 14.7 Å². The molecule has 0 heterocycles. The first-order chi connectivity index (χ1) is 8.99. The number of likely N-dealkylation sites (N-methyl/N-ethyl adjacent to an activating group) is 2. The van der Waals surface area contributed by atoms with Crippen LogP contribution in [0.15, 0.2) is 18.2 Å². The molecule has 1 aromatic rings. The lowest BCUT2D eigenvalue weighted by Crippen LogP contribution is -2.40. The molecule has 6 heteroatoms. The molecule has 0 radical (unpaired) electrons. The van der Waals surface area contributed by atoms with Gasteiger partial charge in [-0.2, -0.15) is 0 Å². The third-order valence-corrected chi connectivity index (χ3v) is 2.80. The number of halogens is 1. The summed E-state index contributed by atoms with van der Waals surface area (Å²) in [5, 5.41) is 12.7. The number of carbonyl (C=O) groups is 2. The highest BCUT2D eigenvalue weighted by atomic mass is 35.5. The topological polar surface area (TPSA) is 69.6 Å². The highest BCUT2D eigenvalue weighted by molar-refractivity contribution is 6.30. The van der Waals surface area contributed by atoms with Gasteiger partial charge in [-0.05, 0) is 32.0 Å². The van der Waals surface area contributed by atoms with Gasteiger partial charge in [0.25, 0.3) is 5.91 Å². The van der Waals surface area contributed by atoms with Gasteiger partial charge in [-0.15, -0.1) is 0 Å². The van der Waals surface area contributed by atoms with Gasteiger partial charge in [0, 0.05) is 18.1 Å². The fourth-order valence-corrected chi connectivity index (χ4v) is 1.78. The van der Waals surface area contributed by atoms with Crippen LogP contribution in [0.25, 0.3) is 0 Å². The van der Waals surface area contributed by atoms with Crippen molar-refractivity contribution in [3.63, 3.8) is 0 Å². The van der Waals surface area contributed by atoms with E-state index in [0.29, 0.717) is 18.1 Å². The van der Waals surface area contributed by atoms with Crippen LogP contribution in [0.2, 0.25) is 5.02 Å². The molecule has 0 saturated carbocycles. The molecule has 0 atom stereocenters. The van der Waals surface area contributed by atoms with Crippen LogP contribution in [0.4, 0.5) is 0 Å². The summed E-state index contributed by atoms with van der Waals surface area (Å²) >= 11 is 5.71. The van der Waals surface area contributed by atoms with Gasteiger partial charge in [0.2, 0.25) is 5.91 Å². The van der Waals surface area contributed by atoms with Crippen molar-refractivity contribution in [1.29, 1.82) is 0 Å². The highest BCUT2D eigenvalue weighted by Gasteiger charge is 2.19. The van der Waals surface area contributed by atoms with Crippen molar-refractivity contribution in [2.24, 2.45) is 0 Å². The van der Waals surface area contributed by atoms with E-state index in [2.05, 4.69) is 5.32 Å². The first-order valence-electron chi connectivity index (χ1n) is 6.04. The fourth-order valence-electron chi connectivity index (χ4n) is 1.61. The summed E-state index contributed by atoms with van der Waals surface area (Å²) in [6.07, 6.45) is 0. The van der Waals surface area contributed by atoms with Gasteiger partial charge in [0.05, 0.1) is 12.1 Å². The number of phenols is 1. The minimum Gasteiger partial charge on any atom is -0.507 e. The maximum absolute atomic E-state index is 12.2. The van der Waals surface area contributed by atoms with Crippen LogP contribution >= 0.6 is 11.6 Å². The summed E-state index contributed by atoms with van der Waals surface area (Å²) in [6.45, 7) is 4.42. The summed E-state index contributed by atoms with van der Waals surface area (Å²) in [6, 6.07) is 4.27. The molecular weight excluding hydrogens is 268 g/mol. The molecule has 0 aromatic heterocycles. The molecule has 2 amide bonds. The number of hydrogen-bond acceptors (Lipinski definition) is 3. The Bertz CT molecular complexity index is 477. The summed E-state index contributed by atoms with van der Waals surface area (Å²) in [5.74, 6) is -0.819. The Labute approximate surface area is 117 Å². The molecule has 5 nitrogen and oxygen atoms in total. The number of nitrogens with one attached hydrogen (secondary N) is 1. The molecular formula is C13H17ClN2O3. The maximum atomic E-state index is 12.2. The second kappa shape index (κ2) is 6.99. The number of rotatable bonds is 5. The SMILES string of the molecule is CCNC(=O)CN(CC)C(=O)c1ccc(Cl)cc1O. The maximum Gasteiger partial charge on any atom is 0.258 e. The van der Waals surface area contributed by atoms with Crippen LogP contribution in [-0.2, 0) is 4.79 Å². The Morgan fingerprint density at radius 3 is 2.58 bits per heavy atom. The lowest BCUT2D eigenvalue weighted by molar-refractivity contribution is -0.121. The van der Waals surface area contributed by atoms with Gasteiger partial charge in [-0.25, -0.2) is 0 Å². The summed E-state index contributed by atoms with van der Waals surface area (Å²) < 4.78 is 0. The van der Waals surface area contributed by atoms with Crippen molar-refractivity contribution in [3.8, 4) is 5.75 Å². The predicted molar refractivity (Wildman–Crippen MR) is 73.4 cm³/mol. The quantitative estimate of drug-likeness (QED) is 0.864. The van der Waals surface area contributed by atoms with Gasteiger partial charge in [-0.3, -0.25) is 9.59 Å². The number of nitrogens with zero attached hydrogens (tertiary/aromatic N) is 1. The molecule has 0 aliphatic carbocycles. The van der Waals surface area contributed by atoms with E-state index in [1.54, 1.807) is 13.8 Å². The Kier molecular flexibility index (Phi) is 5.63. The largest absolute Gasteiger partial charge is 0.507 e. The predicted octanol–water partition coefficient (Wildman–Crippen LogP) is 1.64. The Hall–Kier alpha value is -1.75. The van der Waals surface area contributed by atoms with Crippen molar-refractivity contribution in [1.82, 2.24) is 10.2 Å². The van der Waals surface area contributed by atoms with E-state index in [4.69, 9.17) is 11.6 Å². The second-order valence-corrected chi connectivity index (χ2v) is 4.37. The summed E-state index contributed by atoms with van der Waals surface area (Å²) in [5.41, 5.74) is 0.135. The third kappa shape index (κ3) is 4.13. The lowest BCUT2D eigenvalue weighted by atomic mass is 10.1. The zero-order valence-electron chi connectivity index (χ0n) is 10.9. The monoisotopic (exact) mass is 284 g/mol.